The van der Waals surface area contributed by atoms with E-state index >= 15 is 0 Å². The third-order valence-corrected chi connectivity index (χ3v) is 3.22. The number of nitrogens with zero attached hydrogens (tertiary/aromatic N) is 4. The van der Waals surface area contributed by atoms with Gasteiger partial charge in [-0.2, -0.15) is 5.26 Å². The van der Waals surface area contributed by atoms with Gasteiger partial charge in [-0.05, 0) is 29.8 Å². The molecule has 0 fully saturated rings. The lowest BCUT2D eigenvalue weighted by atomic mass is 10.1. The van der Waals surface area contributed by atoms with Crippen LogP contribution >= 0.6 is 11.6 Å². The second kappa shape index (κ2) is 4.71. The zero-order chi connectivity index (χ0) is 13.2. The summed E-state index contributed by atoms with van der Waals surface area (Å²) in [6.45, 7) is 0. The minimum Gasteiger partial charge on any atom is -0.211 e. The van der Waals surface area contributed by atoms with Gasteiger partial charge in [0.15, 0.2) is 0 Å². The maximum absolute atomic E-state index is 9.25. The predicted octanol–water partition coefficient (Wildman–Crippen LogP) is 3.03. The van der Waals surface area contributed by atoms with E-state index in [9.17, 15) is 5.26 Å². The lowest BCUT2D eigenvalue weighted by Crippen LogP contribution is -2.00. The molecule has 0 spiro atoms. The number of nitriles is 1. The third-order valence-electron chi connectivity index (χ3n) is 2.92. The zero-order valence-electron chi connectivity index (χ0n) is 9.92. The Hall–Kier alpha value is -2.38. The fourth-order valence-corrected chi connectivity index (χ4v) is 2.15. The van der Waals surface area contributed by atoms with Gasteiger partial charge in [0.25, 0.3) is 0 Å². The maximum Gasteiger partial charge on any atom is 0.113 e. The topological polar surface area (TPSA) is 54.5 Å². The fourth-order valence-electron chi connectivity index (χ4n) is 1.99. The molecule has 5 heteroatoms. The molecule has 0 aliphatic carbocycles. The van der Waals surface area contributed by atoms with Crippen molar-refractivity contribution in [2.24, 2.45) is 0 Å². The Morgan fingerprint density at radius 1 is 1.21 bits per heavy atom. The van der Waals surface area contributed by atoms with E-state index in [0.717, 1.165) is 16.6 Å². The standard InChI is InChI=1S/C14H9ClN4/c15-8-10-5-6-13(11(7-10)9-16)19-14-4-2-1-3-12(14)17-18-19/h1-7H,8H2. The summed E-state index contributed by atoms with van der Waals surface area (Å²) in [5.41, 5.74) is 3.83. The molecule has 0 aliphatic rings. The quantitative estimate of drug-likeness (QED) is 0.671. The smallest absolute Gasteiger partial charge is 0.113 e. The summed E-state index contributed by atoms with van der Waals surface area (Å²) in [7, 11) is 0. The molecule has 0 unspecified atom stereocenters. The maximum atomic E-state index is 9.25. The van der Waals surface area contributed by atoms with Crippen LogP contribution in [0.5, 0.6) is 0 Å². The van der Waals surface area contributed by atoms with Crippen molar-refractivity contribution in [2.45, 2.75) is 5.88 Å². The molecule has 0 saturated carbocycles. The summed E-state index contributed by atoms with van der Waals surface area (Å²) in [4.78, 5) is 0. The lowest BCUT2D eigenvalue weighted by molar-refractivity contribution is 0.821. The van der Waals surface area contributed by atoms with Gasteiger partial charge in [0.1, 0.15) is 11.6 Å². The molecule has 4 nitrogen and oxygen atoms in total. The number of fused-ring (bicyclic) bond motifs is 1. The van der Waals surface area contributed by atoms with Crippen LogP contribution in [-0.2, 0) is 5.88 Å². The molecule has 0 amide bonds. The molecular weight excluding hydrogens is 260 g/mol. The Morgan fingerprint density at radius 3 is 2.84 bits per heavy atom. The minimum absolute atomic E-state index is 0.382. The van der Waals surface area contributed by atoms with Gasteiger partial charge in [0.05, 0.1) is 16.8 Å². The van der Waals surface area contributed by atoms with E-state index in [1.165, 1.54) is 0 Å². The molecule has 0 bridgehead atoms. The van der Waals surface area contributed by atoms with Crippen LogP contribution in [0, 0.1) is 11.3 Å². The molecule has 19 heavy (non-hydrogen) atoms. The van der Waals surface area contributed by atoms with E-state index in [-0.39, 0.29) is 0 Å². The van der Waals surface area contributed by atoms with Crippen LogP contribution in [0.4, 0.5) is 0 Å². The van der Waals surface area contributed by atoms with Crippen molar-refractivity contribution in [3.63, 3.8) is 0 Å². The second-order valence-corrected chi connectivity index (χ2v) is 4.35. The largest absolute Gasteiger partial charge is 0.211 e. The number of aromatic nitrogens is 3. The molecule has 0 N–H and O–H groups in total. The van der Waals surface area contributed by atoms with Gasteiger partial charge in [0.2, 0.25) is 0 Å². The fraction of sp³-hybridized carbons (Fsp3) is 0.0714. The van der Waals surface area contributed by atoms with Crippen molar-refractivity contribution in [1.82, 2.24) is 15.0 Å². The Kier molecular flexibility index (Phi) is 2.90. The normalized spacial score (nSPS) is 10.5. The van der Waals surface area contributed by atoms with Crippen molar-refractivity contribution < 1.29 is 0 Å². The van der Waals surface area contributed by atoms with E-state index < -0.39 is 0 Å². The number of rotatable bonds is 2. The first-order chi connectivity index (χ1) is 9.33. The van der Waals surface area contributed by atoms with Gasteiger partial charge in [-0.25, -0.2) is 4.68 Å². The summed E-state index contributed by atoms with van der Waals surface area (Å²) in [5, 5.41) is 17.5. The number of alkyl halides is 1. The van der Waals surface area contributed by atoms with Gasteiger partial charge in [-0.1, -0.05) is 23.4 Å². The van der Waals surface area contributed by atoms with Gasteiger partial charge in [-0.15, -0.1) is 16.7 Å². The monoisotopic (exact) mass is 268 g/mol. The summed E-state index contributed by atoms with van der Waals surface area (Å²) in [5.74, 6) is 0.382. The van der Waals surface area contributed by atoms with Crippen molar-refractivity contribution in [1.29, 1.82) is 5.26 Å². The van der Waals surface area contributed by atoms with Gasteiger partial charge in [0, 0.05) is 5.88 Å². The summed E-state index contributed by atoms with van der Waals surface area (Å²) in [6.07, 6.45) is 0. The predicted molar refractivity (Wildman–Crippen MR) is 73.1 cm³/mol. The molecule has 2 aromatic carbocycles. The molecule has 0 aliphatic heterocycles. The molecule has 3 aromatic rings. The average molecular weight is 269 g/mol. The highest BCUT2D eigenvalue weighted by Gasteiger charge is 2.10. The third kappa shape index (κ3) is 1.94. The van der Waals surface area contributed by atoms with Crippen LogP contribution in [0.2, 0.25) is 0 Å². The van der Waals surface area contributed by atoms with Gasteiger partial charge < -0.3 is 0 Å². The van der Waals surface area contributed by atoms with E-state index in [1.807, 2.05) is 36.4 Å². The highest BCUT2D eigenvalue weighted by molar-refractivity contribution is 6.17. The SMILES string of the molecule is N#Cc1cc(CCl)ccc1-n1nnc2ccccc21. The van der Waals surface area contributed by atoms with Crippen molar-refractivity contribution in [3.05, 3.63) is 53.6 Å². The first-order valence-corrected chi connectivity index (χ1v) is 6.27. The Morgan fingerprint density at radius 2 is 2.05 bits per heavy atom. The van der Waals surface area contributed by atoms with Crippen molar-refractivity contribution in [3.8, 4) is 11.8 Å². The Bertz CT molecular complexity index is 785. The van der Waals surface area contributed by atoms with Crippen LogP contribution < -0.4 is 0 Å². The molecular formula is C14H9ClN4. The van der Waals surface area contributed by atoms with E-state index in [0.29, 0.717) is 17.1 Å². The van der Waals surface area contributed by atoms with Crippen molar-refractivity contribution in [2.75, 3.05) is 0 Å². The van der Waals surface area contributed by atoms with Crippen LogP contribution in [0.25, 0.3) is 16.7 Å². The Balaban J connectivity index is 2.25. The highest BCUT2D eigenvalue weighted by Crippen LogP contribution is 2.20. The van der Waals surface area contributed by atoms with E-state index in [4.69, 9.17) is 11.6 Å². The summed E-state index contributed by atoms with van der Waals surface area (Å²) < 4.78 is 1.67. The Labute approximate surface area is 114 Å². The molecule has 0 radical (unpaired) electrons. The first kappa shape index (κ1) is 11.7. The first-order valence-electron chi connectivity index (χ1n) is 5.73. The molecule has 0 saturated heterocycles. The number of hydrogen-bond donors (Lipinski definition) is 0. The number of hydrogen-bond acceptors (Lipinski definition) is 3. The van der Waals surface area contributed by atoms with E-state index in [2.05, 4.69) is 16.4 Å². The minimum atomic E-state index is 0.382. The number of halogens is 1. The van der Waals surface area contributed by atoms with Crippen LogP contribution in [0.3, 0.4) is 0 Å². The lowest BCUT2D eigenvalue weighted by Gasteiger charge is -2.06. The molecule has 1 heterocycles. The highest BCUT2D eigenvalue weighted by atomic mass is 35.5. The second-order valence-electron chi connectivity index (χ2n) is 4.09. The number of benzene rings is 2. The zero-order valence-corrected chi connectivity index (χ0v) is 10.7. The number of para-hydroxylation sites is 1. The van der Waals surface area contributed by atoms with Crippen LogP contribution in [0.1, 0.15) is 11.1 Å². The molecule has 3 rings (SSSR count). The molecule has 1 aromatic heterocycles. The molecule has 0 atom stereocenters. The van der Waals surface area contributed by atoms with E-state index in [1.54, 1.807) is 10.7 Å². The van der Waals surface area contributed by atoms with Gasteiger partial charge >= 0.3 is 0 Å². The van der Waals surface area contributed by atoms with Crippen LogP contribution in [-0.4, -0.2) is 15.0 Å². The van der Waals surface area contributed by atoms with Crippen molar-refractivity contribution >= 4 is 22.6 Å². The molecule has 92 valence electrons. The van der Waals surface area contributed by atoms with Gasteiger partial charge in [-0.3, -0.25) is 0 Å². The van der Waals surface area contributed by atoms with Crippen LogP contribution in [0.15, 0.2) is 42.5 Å². The summed E-state index contributed by atoms with van der Waals surface area (Å²) >= 11 is 5.78. The average Bonchev–Trinajstić information content (AvgIpc) is 2.90. The summed E-state index contributed by atoms with van der Waals surface area (Å²) in [6, 6.07) is 15.3.